The van der Waals surface area contributed by atoms with Gasteiger partial charge in [0.1, 0.15) is 13.1 Å². The Bertz CT molecular complexity index is 827. The smallest absolute Gasteiger partial charge is 0.241 e. The molecule has 0 unspecified atom stereocenters. The lowest BCUT2D eigenvalue weighted by molar-refractivity contribution is -0.909. The fourth-order valence-corrected chi connectivity index (χ4v) is 4.56. The SMILES string of the molecule is CCc1ccc(S(=O)(=O)N[C@H](C[NH+]2CCOCC2)c2ccc(C)cc2)cc1. The maximum absolute atomic E-state index is 13.0. The van der Waals surface area contributed by atoms with E-state index >= 15 is 0 Å². The first-order valence-electron chi connectivity index (χ1n) is 9.57. The minimum atomic E-state index is -3.59. The number of ether oxygens (including phenoxy) is 1. The van der Waals surface area contributed by atoms with E-state index < -0.39 is 10.0 Å². The van der Waals surface area contributed by atoms with Crippen LogP contribution in [0.4, 0.5) is 0 Å². The summed E-state index contributed by atoms with van der Waals surface area (Å²) in [5.41, 5.74) is 3.28. The van der Waals surface area contributed by atoms with Crippen molar-refractivity contribution in [3.8, 4) is 0 Å². The number of nitrogens with one attached hydrogen (secondary N) is 2. The Hall–Kier alpha value is -1.73. The van der Waals surface area contributed by atoms with Crippen LogP contribution in [0.5, 0.6) is 0 Å². The number of morpholine rings is 1. The van der Waals surface area contributed by atoms with Crippen molar-refractivity contribution in [1.82, 2.24) is 4.72 Å². The highest BCUT2D eigenvalue weighted by atomic mass is 32.2. The van der Waals surface area contributed by atoms with E-state index in [1.807, 2.05) is 43.3 Å². The van der Waals surface area contributed by atoms with E-state index in [4.69, 9.17) is 4.74 Å². The predicted molar refractivity (Wildman–Crippen MR) is 106 cm³/mol. The van der Waals surface area contributed by atoms with Crippen molar-refractivity contribution < 1.29 is 18.1 Å². The van der Waals surface area contributed by atoms with Gasteiger partial charge in [0.05, 0.1) is 30.7 Å². The molecule has 146 valence electrons. The highest BCUT2D eigenvalue weighted by Gasteiger charge is 2.26. The molecule has 0 saturated carbocycles. The van der Waals surface area contributed by atoms with E-state index in [1.54, 1.807) is 12.1 Å². The molecule has 2 aromatic carbocycles. The molecule has 3 rings (SSSR count). The van der Waals surface area contributed by atoms with Gasteiger partial charge < -0.3 is 9.64 Å². The van der Waals surface area contributed by atoms with Crippen molar-refractivity contribution in [1.29, 1.82) is 0 Å². The predicted octanol–water partition coefficient (Wildman–Crippen LogP) is 1.49. The first-order chi connectivity index (χ1) is 13.0. The molecular formula is C21H29N2O3S+. The van der Waals surface area contributed by atoms with Gasteiger partial charge in [0, 0.05) is 0 Å². The summed E-state index contributed by atoms with van der Waals surface area (Å²) >= 11 is 0. The van der Waals surface area contributed by atoms with Crippen LogP contribution >= 0.6 is 0 Å². The lowest BCUT2D eigenvalue weighted by Gasteiger charge is -2.28. The maximum Gasteiger partial charge on any atom is 0.241 e. The molecule has 0 bridgehead atoms. The van der Waals surface area contributed by atoms with Gasteiger partial charge in [-0.05, 0) is 36.6 Å². The molecule has 1 atom stereocenters. The second kappa shape index (κ2) is 8.97. The van der Waals surface area contributed by atoms with Gasteiger partial charge in [-0.25, -0.2) is 8.42 Å². The summed E-state index contributed by atoms with van der Waals surface area (Å²) in [6, 6.07) is 15.0. The second-order valence-electron chi connectivity index (χ2n) is 7.15. The highest BCUT2D eigenvalue weighted by Crippen LogP contribution is 2.18. The lowest BCUT2D eigenvalue weighted by atomic mass is 10.1. The fourth-order valence-electron chi connectivity index (χ4n) is 3.34. The Morgan fingerprint density at radius 3 is 2.26 bits per heavy atom. The number of sulfonamides is 1. The molecule has 27 heavy (non-hydrogen) atoms. The molecule has 1 fully saturated rings. The van der Waals surface area contributed by atoms with Gasteiger partial charge in [0.2, 0.25) is 10.0 Å². The second-order valence-corrected chi connectivity index (χ2v) is 8.86. The van der Waals surface area contributed by atoms with Crippen LogP contribution in [0.2, 0.25) is 0 Å². The van der Waals surface area contributed by atoms with Gasteiger partial charge in [0.25, 0.3) is 0 Å². The van der Waals surface area contributed by atoms with Crippen molar-refractivity contribution in [2.24, 2.45) is 0 Å². The van der Waals surface area contributed by atoms with Crippen LogP contribution in [0.1, 0.15) is 29.7 Å². The van der Waals surface area contributed by atoms with Crippen molar-refractivity contribution in [2.45, 2.75) is 31.2 Å². The number of quaternary nitrogens is 1. The molecule has 0 aliphatic carbocycles. The molecule has 6 heteroatoms. The van der Waals surface area contributed by atoms with E-state index in [0.29, 0.717) is 11.4 Å². The first-order valence-corrected chi connectivity index (χ1v) is 11.1. The van der Waals surface area contributed by atoms with Crippen LogP contribution < -0.4 is 9.62 Å². The number of hydrogen-bond donors (Lipinski definition) is 2. The van der Waals surface area contributed by atoms with Gasteiger partial charge in [-0.15, -0.1) is 0 Å². The topological polar surface area (TPSA) is 59.8 Å². The van der Waals surface area contributed by atoms with Crippen molar-refractivity contribution in [3.05, 3.63) is 65.2 Å². The number of benzene rings is 2. The third-order valence-corrected chi connectivity index (χ3v) is 6.60. The van der Waals surface area contributed by atoms with E-state index in [9.17, 15) is 8.42 Å². The Kier molecular flexibility index (Phi) is 6.65. The summed E-state index contributed by atoms with van der Waals surface area (Å²) in [6.07, 6.45) is 0.889. The van der Waals surface area contributed by atoms with E-state index in [-0.39, 0.29) is 6.04 Å². The van der Waals surface area contributed by atoms with E-state index in [1.165, 1.54) is 4.90 Å². The molecule has 1 aliphatic heterocycles. The van der Waals surface area contributed by atoms with Crippen molar-refractivity contribution in [2.75, 3.05) is 32.8 Å². The Balaban J connectivity index is 1.83. The van der Waals surface area contributed by atoms with Gasteiger partial charge in [-0.1, -0.05) is 48.9 Å². The maximum atomic E-state index is 13.0. The van der Waals surface area contributed by atoms with Gasteiger partial charge in [-0.2, -0.15) is 4.72 Å². The molecule has 0 aromatic heterocycles. The van der Waals surface area contributed by atoms with Crippen molar-refractivity contribution in [3.63, 3.8) is 0 Å². The van der Waals surface area contributed by atoms with Gasteiger partial charge >= 0.3 is 0 Å². The normalized spacial score (nSPS) is 17.0. The van der Waals surface area contributed by atoms with Crippen LogP contribution in [0.25, 0.3) is 0 Å². The summed E-state index contributed by atoms with van der Waals surface area (Å²) in [5, 5.41) is 0. The third-order valence-electron chi connectivity index (χ3n) is 5.11. The summed E-state index contributed by atoms with van der Waals surface area (Å²) in [5.74, 6) is 0. The minimum Gasteiger partial charge on any atom is -0.370 e. The Labute approximate surface area is 162 Å². The van der Waals surface area contributed by atoms with Gasteiger partial charge in [0.15, 0.2) is 0 Å². The molecule has 2 N–H and O–H groups in total. The van der Waals surface area contributed by atoms with Crippen LogP contribution in [0, 0.1) is 6.92 Å². The first kappa shape index (κ1) is 20.0. The standard InChI is InChI=1S/C21H28N2O3S/c1-3-18-6-10-20(11-7-18)27(24,25)22-21(16-23-12-14-26-15-13-23)19-8-4-17(2)5-9-19/h4-11,21-22H,3,12-16H2,1-2H3/p+1/t21-/m1/s1. The average Bonchev–Trinajstić information content (AvgIpc) is 2.69. The molecule has 1 aliphatic rings. The largest absolute Gasteiger partial charge is 0.370 e. The summed E-state index contributed by atoms with van der Waals surface area (Å²) in [4.78, 5) is 1.67. The molecular weight excluding hydrogens is 360 g/mol. The number of rotatable bonds is 7. The molecule has 1 saturated heterocycles. The van der Waals surface area contributed by atoms with Crippen LogP contribution in [0.3, 0.4) is 0 Å². The van der Waals surface area contributed by atoms with Crippen LogP contribution in [-0.2, 0) is 21.2 Å². The Morgan fingerprint density at radius 2 is 1.67 bits per heavy atom. The summed E-state index contributed by atoms with van der Waals surface area (Å²) in [6.45, 7) is 8.04. The molecule has 1 heterocycles. The van der Waals surface area contributed by atoms with Crippen LogP contribution in [0.15, 0.2) is 53.4 Å². The molecule has 0 radical (unpaired) electrons. The fraction of sp³-hybridized carbons (Fsp3) is 0.429. The van der Waals surface area contributed by atoms with Crippen LogP contribution in [-0.4, -0.2) is 41.3 Å². The molecule has 2 aromatic rings. The summed E-state index contributed by atoms with van der Waals surface area (Å²) in [7, 11) is -3.59. The average molecular weight is 390 g/mol. The zero-order chi connectivity index (χ0) is 19.3. The van der Waals surface area contributed by atoms with Crippen molar-refractivity contribution >= 4 is 10.0 Å². The molecule has 0 spiro atoms. The minimum absolute atomic E-state index is 0.269. The zero-order valence-electron chi connectivity index (χ0n) is 16.1. The molecule has 0 amide bonds. The van der Waals surface area contributed by atoms with Gasteiger partial charge in [-0.3, -0.25) is 0 Å². The number of hydrogen-bond acceptors (Lipinski definition) is 3. The van der Waals surface area contributed by atoms with E-state index in [0.717, 1.165) is 49.4 Å². The Morgan fingerprint density at radius 1 is 1.04 bits per heavy atom. The van der Waals surface area contributed by atoms with E-state index in [2.05, 4.69) is 11.6 Å². The quantitative estimate of drug-likeness (QED) is 0.754. The number of aryl methyl sites for hydroxylation is 2. The monoisotopic (exact) mass is 389 g/mol. The lowest BCUT2D eigenvalue weighted by Crippen LogP contribution is -3.14. The third kappa shape index (κ3) is 5.39. The summed E-state index contributed by atoms with van der Waals surface area (Å²) < 4.78 is 34.3. The zero-order valence-corrected chi connectivity index (χ0v) is 16.9. The molecule has 5 nitrogen and oxygen atoms in total. The highest BCUT2D eigenvalue weighted by molar-refractivity contribution is 7.89.